The predicted molar refractivity (Wildman–Crippen MR) is 107 cm³/mol. The number of nitrogens with zero attached hydrogens (tertiary/aromatic N) is 2. The maximum absolute atomic E-state index is 12.8. The van der Waals surface area contributed by atoms with E-state index in [1.54, 1.807) is 25.6 Å². The fourth-order valence-corrected chi connectivity index (χ4v) is 3.41. The first-order chi connectivity index (χ1) is 12.9. The number of thioether (sulfide) groups is 1. The Morgan fingerprint density at radius 2 is 1.93 bits per heavy atom. The highest BCUT2D eigenvalue weighted by molar-refractivity contribution is 8.01. The average Bonchev–Trinajstić information content (AvgIpc) is 3.44. The van der Waals surface area contributed by atoms with Crippen molar-refractivity contribution in [1.29, 1.82) is 0 Å². The third kappa shape index (κ3) is 4.44. The van der Waals surface area contributed by atoms with Gasteiger partial charge in [0.15, 0.2) is 0 Å². The number of nitrogens with one attached hydrogen (secondary N) is 2. The summed E-state index contributed by atoms with van der Waals surface area (Å²) in [5.74, 6) is -0.109. The third-order valence-electron chi connectivity index (χ3n) is 4.58. The molecular weight excluding hydrogens is 364 g/mol. The van der Waals surface area contributed by atoms with Gasteiger partial charge >= 0.3 is 0 Å². The smallest absolute Gasteiger partial charge is 0.295 e. The van der Waals surface area contributed by atoms with E-state index in [1.807, 2.05) is 30.3 Å². The van der Waals surface area contributed by atoms with Crippen LogP contribution in [0, 0.1) is 6.92 Å². The zero-order valence-electron chi connectivity index (χ0n) is 15.7. The van der Waals surface area contributed by atoms with E-state index < -0.39 is 5.25 Å². The quantitative estimate of drug-likeness (QED) is 0.758. The van der Waals surface area contributed by atoms with E-state index in [2.05, 4.69) is 10.6 Å². The molecule has 0 bridgehead atoms. The van der Waals surface area contributed by atoms with Crippen molar-refractivity contribution in [2.75, 3.05) is 11.1 Å². The Hall–Kier alpha value is -2.48. The maximum atomic E-state index is 12.8. The normalized spacial score (nSPS) is 14.6. The van der Waals surface area contributed by atoms with Gasteiger partial charge in [-0.2, -0.15) is 0 Å². The Morgan fingerprint density at radius 3 is 2.56 bits per heavy atom. The van der Waals surface area contributed by atoms with Crippen molar-refractivity contribution in [3.05, 3.63) is 46.4 Å². The van der Waals surface area contributed by atoms with Gasteiger partial charge in [0, 0.05) is 13.1 Å². The van der Waals surface area contributed by atoms with Crippen LogP contribution in [-0.2, 0) is 16.6 Å². The fraction of sp³-hybridized carbons (Fsp3) is 0.421. The van der Waals surface area contributed by atoms with Gasteiger partial charge in [0.25, 0.3) is 5.56 Å². The molecule has 27 heavy (non-hydrogen) atoms. The number of carbonyl (C=O) groups excluding carboxylic acids is 2. The van der Waals surface area contributed by atoms with Gasteiger partial charge in [-0.05, 0) is 38.8 Å². The average molecular weight is 388 g/mol. The van der Waals surface area contributed by atoms with Gasteiger partial charge in [0.05, 0.1) is 22.4 Å². The Labute approximate surface area is 162 Å². The summed E-state index contributed by atoms with van der Waals surface area (Å²) in [5.41, 5.74) is 1.38. The number of aromatic nitrogens is 2. The monoisotopic (exact) mass is 388 g/mol. The number of hydrogen-bond acceptors (Lipinski definition) is 4. The maximum Gasteiger partial charge on any atom is 0.295 e. The molecule has 0 spiro atoms. The minimum atomic E-state index is -0.445. The van der Waals surface area contributed by atoms with Crippen LogP contribution in [0.5, 0.6) is 0 Å². The van der Waals surface area contributed by atoms with Gasteiger partial charge in [-0.15, -0.1) is 11.8 Å². The number of benzene rings is 1. The highest BCUT2D eigenvalue weighted by Crippen LogP contribution is 2.20. The minimum absolute atomic E-state index is 0.0514. The minimum Gasteiger partial charge on any atom is -0.353 e. The molecule has 1 fully saturated rings. The lowest BCUT2D eigenvalue weighted by molar-refractivity contribution is -0.118. The molecule has 1 atom stereocenters. The second-order valence-corrected chi connectivity index (χ2v) is 8.05. The van der Waals surface area contributed by atoms with Crippen LogP contribution in [-0.4, -0.2) is 38.2 Å². The van der Waals surface area contributed by atoms with Crippen molar-refractivity contribution in [1.82, 2.24) is 14.7 Å². The molecule has 144 valence electrons. The summed E-state index contributed by atoms with van der Waals surface area (Å²) in [7, 11) is 1.78. The first kappa shape index (κ1) is 19.3. The molecule has 0 radical (unpaired) electrons. The zero-order valence-corrected chi connectivity index (χ0v) is 16.5. The molecule has 1 aromatic carbocycles. The van der Waals surface area contributed by atoms with Crippen molar-refractivity contribution >= 4 is 29.3 Å². The predicted octanol–water partition coefficient (Wildman–Crippen LogP) is 1.82. The molecule has 1 aliphatic rings. The first-order valence-corrected chi connectivity index (χ1v) is 9.99. The number of rotatable bonds is 7. The zero-order chi connectivity index (χ0) is 19.6. The molecular formula is C19H24N4O3S. The lowest BCUT2D eigenvalue weighted by Crippen LogP contribution is -2.31. The van der Waals surface area contributed by atoms with E-state index in [9.17, 15) is 14.4 Å². The fourth-order valence-electron chi connectivity index (χ4n) is 2.71. The van der Waals surface area contributed by atoms with Gasteiger partial charge in [0.1, 0.15) is 5.69 Å². The van der Waals surface area contributed by atoms with Crippen LogP contribution in [0.1, 0.15) is 25.5 Å². The summed E-state index contributed by atoms with van der Waals surface area (Å²) >= 11 is 1.26. The van der Waals surface area contributed by atoms with E-state index in [1.165, 1.54) is 16.4 Å². The molecule has 0 aliphatic heterocycles. The van der Waals surface area contributed by atoms with Crippen molar-refractivity contribution in [2.45, 2.75) is 38.0 Å². The van der Waals surface area contributed by atoms with Crippen LogP contribution in [0.3, 0.4) is 0 Å². The molecule has 1 saturated carbocycles. The summed E-state index contributed by atoms with van der Waals surface area (Å²) in [6, 6.07) is 9.57. The molecule has 3 rings (SSSR count). The van der Waals surface area contributed by atoms with Crippen molar-refractivity contribution < 1.29 is 9.59 Å². The Bertz CT molecular complexity index is 900. The van der Waals surface area contributed by atoms with Crippen molar-refractivity contribution in [3.63, 3.8) is 0 Å². The Kier molecular flexibility index (Phi) is 5.74. The topological polar surface area (TPSA) is 85.1 Å². The Morgan fingerprint density at radius 1 is 1.26 bits per heavy atom. The van der Waals surface area contributed by atoms with Gasteiger partial charge in [-0.3, -0.25) is 19.1 Å². The highest BCUT2D eigenvalue weighted by atomic mass is 32.2. The van der Waals surface area contributed by atoms with Crippen molar-refractivity contribution in [2.24, 2.45) is 7.05 Å². The summed E-state index contributed by atoms with van der Waals surface area (Å²) in [6.45, 7) is 3.52. The van der Waals surface area contributed by atoms with E-state index in [4.69, 9.17) is 0 Å². The number of hydrogen-bond donors (Lipinski definition) is 2. The van der Waals surface area contributed by atoms with Crippen LogP contribution >= 0.6 is 11.8 Å². The second-order valence-electron chi connectivity index (χ2n) is 6.72. The lowest BCUT2D eigenvalue weighted by Gasteiger charge is -2.11. The second kappa shape index (κ2) is 8.04. The molecule has 2 aromatic rings. The van der Waals surface area contributed by atoms with Gasteiger partial charge in [-0.1, -0.05) is 18.2 Å². The van der Waals surface area contributed by atoms with Crippen LogP contribution in [0.25, 0.3) is 5.69 Å². The summed E-state index contributed by atoms with van der Waals surface area (Å²) in [6.07, 6.45) is 2.07. The summed E-state index contributed by atoms with van der Waals surface area (Å²) < 4.78 is 3.24. The van der Waals surface area contributed by atoms with E-state index >= 15 is 0 Å². The van der Waals surface area contributed by atoms with Crippen LogP contribution < -0.4 is 16.2 Å². The van der Waals surface area contributed by atoms with Gasteiger partial charge in [-0.25, -0.2) is 4.68 Å². The molecule has 1 aliphatic carbocycles. The lowest BCUT2D eigenvalue weighted by atomic mass is 10.3. The van der Waals surface area contributed by atoms with Crippen molar-refractivity contribution in [3.8, 4) is 5.69 Å². The van der Waals surface area contributed by atoms with Crippen LogP contribution in [0.4, 0.5) is 5.69 Å². The molecule has 0 unspecified atom stereocenters. The summed E-state index contributed by atoms with van der Waals surface area (Å²) in [4.78, 5) is 37.1. The van der Waals surface area contributed by atoms with Gasteiger partial charge in [0.2, 0.25) is 11.8 Å². The van der Waals surface area contributed by atoms with Crippen LogP contribution in [0.2, 0.25) is 0 Å². The molecule has 1 heterocycles. The van der Waals surface area contributed by atoms with E-state index in [-0.39, 0.29) is 28.8 Å². The number of anilines is 1. The van der Waals surface area contributed by atoms with E-state index in [0.29, 0.717) is 11.7 Å². The highest BCUT2D eigenvalue weighted by Gasteiger charge is 2.25. The van der Waals surface area contributed by atoms with Crippen LogP contribution in [0.15, 0.2) is 35.1 Å². The summed E-state index contributed by atoms with van der Waals surface area (Å²) in [5, 5.41) is 5.19. The Balaban J connectivity index is 1.68. The van der Waals surface area contributed by atoms with Gasteiger partial charge < -0.3 is 10.6 Å². The standard InChI is InChI=1S/C19H24N4O3S/c1-12-17(19(26)23(22(12)3)15-7-5-4-6-8-15)21-18(25)13(2)27-11-16(24)20-14-9-10-14/h4-8,13-14H,9-11H2,1-3H3,(H,20,24)(H,21,25)/t13-/m0/s1. The van der Waals surface area contributed by atoms with E-state index in [0.717, 1.165) is 18.5 Å². The molecule has 0 saturated heterocycles. The first-order valence-electron chi connectivity index (χ1n) is 8.94. The largest absolute Gasteiger partial charge is 0.353 e. The molecule has 2 amide bonds. The third-order valence-corrected chi connectivity index (χ3v) is 5.72. The molecule has 2 N–H and O–H groups in total. The number of carbonyl (C=O) groups is 2. The molecule has 8 heteroatoms. The molecule has 7 nitrogen and oxygen atoms in total. The number of amides is 2. The number of para-hydroxylation sites is 1. The molecule has 1 aromatic heterocycles. The SMILES string of the molecule is Cc1c(NC(=O)[C@H](C)SCC(=O)NC2CC2)c(=O)n(-c2ccccc2)n1C.